The summed E-state index contributed by atoms with van der Waals surface area (Å²) in [6.07, 6.45) is 2.09. The summed E-state index contributed by atoms with van der Waals surface area (Å²) in [6.45, 7) is 4.48. The highest BCUT2D eigenvalue weighted by molar-refractivity contribution is 5.90. The van der Waals surface area contributed by atoms with Crippen LogP contribution in [-0.4, -0.2) is 27.5 Å². The first kappa shape index (κ1) is 15.9. The van der Waals surface area contributed by atoms with Crippen LogP contribution in [0.1, 0.15) is 41.6 Å². The highest BCUT2D eigenvalue weighted by Crippen LogP contribution is 2.33. The van der Waals surface area contributed by atoms with Crippen LogP contribution in [0.15, 0.2) is 28.8 Å². The molecule has 0 bridgehead atoms. The summed E-state index contributed by atoms with van der Waals surface area (Å²) in [5.41, 5.74) is 3.43. The first-order chi connectivity index (χ1) is 12.0. The third kappa shape index (κ3) is 2.81. The van der Waals surface area contributed by atoms with E-state index in [1.165, 1.54) is 12.1 Å². The van der Waals surface area contributed by atoms with Crippen LogP contribution in [0.2, 0.25) is 0 Å². The first-order valence-corrected chi connectivity index (χ1v) is 8.52. The van der Waals surface area contributed by atoms with Crippen molar-refractivity contribution in [3.05, 3.63) is 52.8 Å². The summed E-state index contributed by atoms with van der Waals surface area (Å²) in [7, 11) is 0. The molecular formula is C19H20FN3O2. The lowest BCUT2D eigenvalue weighted by Crippen LogP contribution is -2.32. The molecule has 1 atom stereocenters. The van der Waals surface area contributed by atoms with Gasteiger partial charge in [0.15, 0.2) is 0 Å². The van der Waals surface area contributed by atoms with E-state index < -0.39 is 0 Å². The molecule has 1 N–H and O–H groups in total. The van der Waals surface area contributed by atoms with Crippen LogP contribution in [-0.2, 0) is 11.2 Å². The van der Waals surface area contributed by atoms with Crippen molar-refractivity contribution in [2.24, 2.45) is 0 Å². The summed E-state index contributed by atoms with van der Waals surface area (Å²) in [6, 6.07) is 6.48. The van der Waals surface area contributed by atoms with Crippen molar-refractivity contribution in [1.82, 2.24) is 15.0 Å². The number of likely N-dealkylation sites (tertiary alicyclic amines) is 1. The minimum atomic E-state index is -0.294. The number of aromatic nitrogens is 2. The number of aromatic amines is 1. The normalized spacial score (nSPS) is 17.6. The fourth-order valence-electron chi connectivity index (χ4n) is 3.75. The number of H-pyrrole nitrogens is 1. The molecule has 1 aliphatic rings. The number of nitrogens with zero attached hydrogens (tertiary/aromatic N) is 2. The zero-order valence-electron chi connectivity index (χ0n) is 14.3. The van der Waals surface area contributed by atoms with Crippen molar-refractivity contribution in [1.29, 1.82) is 0 Å². The molecule has 1 amide bonds. The van der Waals surface area contributed by atoms with E-state index in [2.05, 4.69) is 10.1 Å². The number of rotatable bonds is 3. The van der Waals surface area contributed by atoms with Crippen LogP contribution in [0.5, 0.6) is 0 Å². The molecule has 0 spiro atoms. The molecule has 3 heterocycles. The molecule has 2 aromatic heterocycles. The van der Waals surface area contributed by atoms with Crippen molar-refractivity contribution in [2.45, 2.75) is 39.2 Å². The second-order valence-corrected chi connectivity index (χ2v) is 6.70. The topological polar surface area (TPSA) is 62.1 Å². The Balaban J connectivity index is 1.61. The number of nitrogens with one attached hydrogen (secondary N) is 1. The van der Waals surface area contributed by atoms with Gasteiger partial charge >= 0.3 is 0 Å². The molecule has 0 saturated carbocycles. The minimum Gasteiger partial charge on any atom is -0.361 e. The molecule has 25 heavy (non-hydrogen) atoms. The predicted molar refractivity (Wildman–Crippen MR) is 91.6 cm³/mol. The van der Waals surface area contributed by atoms with Gasteiger partial charge in [0.05, 0.1) is 12.5 Å². The molecule has 0 aliphatic carbocycles. The van der Waals surface area contributed by atoms with Crippen LogP contribution < -0.4 is 0 Å². The van der Waals surface area contributed by atoms with Gasteiger partial charge in [0.25, 0.3) is 0 Å². The van der Waals surface area contributed by atoms with Gasteiger partial charge in [0.1, 0.15) is 17.3 Å². The standard InChI is InChI=1S/C19H20FN3O2/c1-11-8-17(22-25-11)18-4-3-7-23(18)19(24)10-14-12(2)21-16-6-5-13(20)9-15(14)16/h5-6,8-9,18,21H,3-4,7,10H2,1-2H3/t18-/m1/s1. The Bertz CT molecular complexity index is 943. The fraction of sp³-hybridized carbons (Fsp3) is 0.368. The van der Waals surface area contributed by atoms with E-state index in [0.29, 0.717) is 6.54 Å². The maximum atomic E-state index is 13.6. The lowest BCUT2D eigenvalue weighted by atomic mass is 10.1. The Morgan fingerprint density at radius 1 is 1.40 bits per heavy atom. The molecule has 0 unspecified atom stereocenters. The van der Waals surface area contributed by atoms with E-state index in [1.54, 1.807) is 6.07 Å². The summed E-state index contributed by atoms with van der Waals surface area (Å²) >= 11 is 0. The monoisotopic (exact) mass is 341 g/mol. The van der Waals surface area contributed by atoms with Crippen molar-refractivity contribution in [3.63, 3.8) is 0 Å². The fourth-order valence-corrected chi connectivity index (χ4v) is 3.75. The van der Waals surface area contributed by atoms with E-state index >= 15 is 0 Å². The van der Waals surface area contributed by atoms with Gasteiger partial charge in [-0.3, -0.25) is 4.79 Å². The molecule has 1 fully saturated rings. The van der Waals surface area contributed by atoms with Gasteiger partial charge in [0, 0.05) is 29.2 Å². The van der Waals surface area contributed by atoms with Gasteiger partial charge in [0.2, 0.25) is 5.91 Å². The summed E-state index contributed by atoms with van der Waals surface area (Å²) in [5.74, 6) is 0.492. The van der Waals surface area contributed by atoms with Crippen molar-refractivity contribution in [2.75, 3.05) is 6.54 Å². The zero-order chi connectivity index (χ0) is 17.6. The molecule has 6 heteroatoms. The number of aryl methyl sites for hydroxylation is 2. The average Bonchev–Trinajstić information content (AvgIpc) is 3.27. The Morgan fingerprint density at radius 3 is 3.00 bits per heavy atom. The molecule has 5 nitrogen and oxygen atoms in total. The summed E-state index contributed by atoms with van der Waals surface area (Å²) < 4.78 is 18.8. The number of amides is 1. The highest BCUT2D eigenvalue weighted by Gasteiger charge is 2.32. The first-order valence-electron chi connectivity index (χ1n) is 8.52. The smallest absolute Gasteiger partial charge is 0.227 e. The summed E-state index contributed by atoms with van der Waals surface area (Å²) in [4.78, 5) is 18.0. The quantitative estimate of drug-likeness (QED) is 0.788. The maximum absolute atomic E-state index is 13.6. The third-order valence-corrected chi connectivity index (χ3v) is 4.97. The Morgan fingerprint density at radius 2 is 2.24 bits per heavy atom. The number of hydrogen-bond acceptors (Lipinski definition) is 3. The van der Waals surface area contributed by atoms with Gasteiger partial charge in [-0.1, -0.05) is 5.16 Å². The van der Waals surface area contributed by atoms with Crippen LogP contribution in [0, 0.1) is 19.7 Å². The van der Waals surface area contributed by atoms with Crippen LogP contribution in [0.4, 0.5) is 4.39 Å². The minimum absolute atomic E-state index is 0.0350. The Labute approximate surface area is 144 Å². The second kappa shape index (κ2) is 6.02. The molecule has 0 radical (unpaired) electrons. The van der Waals surface area contributed by atoms with Gasteiger partial charge in [-0.15, -0.1) is 0 Å². The van der Waals surface area contributed by atoms with E-state index in [1.807, 2.05) is 24.8 Å². The van der Waals surface area contributed by atoms with Crippen LogP contribution >= 0.6 is 0 Å². The van der Waals surface area contributed by atoms with Crippen molar-refractivity contribution in [3.8, 4) is 0 Å². The maximum Gasteiger partial charge on any atom is 0.227 e. The number of hydrogen-bond donors (Lipinski definition) is 1. The molecule has 3 aromatic rings. The highest BCUT2D eigenvalue weighted by atomic mass is 19.1. The van der Waals surface area contributed by atoms with Crippen LogP contribution in [0.3, 0.4) is 0 Å². The van der Waals surface area contributed by atoms with Crippen molar-refractivity contribution < 1.29 is 13.7 Å². The number of carbonyl (C=O) groups is 1. The molecule has 1 saturated heterocycles. The predicted octanol–water partition coefficient (Wildman–Crippen LogP) is 3.82. The SMILES string of the molecule is Cc1cc([C@H]2CCCN2C(=O)Cc2c(C)[nH]c3ccc(F)cc23)no1. The number of benzene rings is 1. The molecule has 4 rings (SSSR count). The van der Waals surface area contributed by atoms with Crippen molar-refractivity contribution >= 4 is 16.8 Å². The number of carbonyl (C=O) groups excluding carboxylic acids is 1. The van der Waals surface area contributed by atoms with E-state index in [4.69, 9.17) is 4.52 Å². The van der Waals surface area contributed by atoms with E-state index in [9.17, 15) is 9.18 Å². The number of halogens is 1. The Kier molecular flexibility index (Phi) is 3.82. The number of fused-ring (bicyclic) bond motifs is 1. The van der Waals surface area contributed by atoms with Gasteiger partial charge in [-0.2, -0.15) is 0 Å². The van der Waals surface area contributed by atoms with E-state index in [0.717, 1.165) is 46.5 Å². The van der Waals surface area contributed by atoms with Crippen LogP contribution in [0.25, 0.3) is 10.9 Å². The molecular weight excluding hydrogens is 321 g/mol. The zero-order valence-corrected chi connectivity index (χ0v) is 14.3. The lowest BCUT2D eigenvalue weighted by molar-refractivity contribution is -0.131. The van der Waals surface area contributed by atoms with Gasteiger partial charge in [-0.25, -0.2) is 4.39 Å². The largest absolute Gasteiger partial charge is 0.361 e. The molecule has 1 aromatic carbocycles. The lowest BCUT2D eigenvalue weighted by Gasteiger charge is -2.23. The Hall–Kier alpha value is -2.63. The molecule has 1 aliphatic heterocycles. The van der Waals surface area contributed by atoms with Gasteiger partial charge < -0.3 is 14.4 Å². The summed E-state index contributed by atoms with van der Waals surface area (Å²) in [5, 5.41) is 4.86. The second-order valence-electron chi connectivity index (χ2n) is 6.70. The average molecular weight is 341 g/mol. The third-order valence-electron chi connectivity index (χ3n) is 4.97. The van der Waals surface area contributed by atoms with Gasteiger partial charge in [-0.05, 0) is 50.5 Å². The van der Waals surface area contributed by atoms with E-state index in [-0.39, 0.29) is 24.2 Å². The molecule has 130 valence electrons.